The molecule has 0 saturated heterocycles. The third kappa shape index (κ3) is 3.25. The van der Waals surface area contributed by atoms with Crippen molar-refractivity contribution in [3.8, 4) is 17.1 Å². The summed E-state index contributed by atoms with van der Waals surface area (Å²) in [6.45, 7) is 3.36. The highest BCUT2D eigenvalue weighted by Crippen LogP contribution is 2.21. The van der Waals surface area contributed by atoms with E-state index in [0.717, 1.165) is 40.7 Å². The molecule has 0 N–H and O–H groups in total. The van der Waals surface area contributed by atoms with Gasteiger partial charge in [0.25, 0.3) is 0 Å². The van der Waals surface area contributed by atoms with E-state index in [4.69, 9.17) is 9.84 Å². The molecule has 3 aromatic heterocycles. The molecule has 0 aliphatic rings. The Morgan fingerprint density at radius 1 is 1.12 bits per heavy atom. The normalized spacial score (nSPS) is 11.0. The van der Waals surface area contributed by atoms with Gasteiger partial charge >= 0.3 is 0 Å². The van der Waals surface area contributed by atoms with E-state index in [-0.39, 0.29) is 0 Å². The Bertz CT molecular complexity index is 1010. The number of aromatic nitrogens is 4. The van der Waals surface area contributed by atoms with Gasteiger partial charge < -0.3 is 9.64 Å². The highest BCUT2D eigenvalue weighted by molar-refractivity contribution is 7.08. The van der Waals surface area contributed by atoms with Crippen LogP contribution in [-0.4, -0.2) is 40.0 Å². The molecule has 0 unspecified atom stereocenters. The number of rotatable bonds is 6. The Morgan fingerprint density at radius 3 is 2.81 bits per heavy atom. The molecule has 0 fully saturated rings. The molecule has 4 rings (SSSR count). The van der Waals surface area contributed by atoms with Crippen LogP contribution in [0.5, 0.6) is 5.75 Å². The average Bonchev–Trinajstić information content (AvgIpc) is 3.31. The maximum absolute atomic E-state index is 5.88. The van der Waals surface area contributed by atoms with E-state index in [1.807, 2.05) is 67.2 Å². The van der Waals surface area contributed by atoms with Crippen LogP contribution >= 0.6 is 11.3 Å². The summed E-state index contributed by atoms with van der Waals surface area (Å²) in [4.78, 5) is 2.06. The fraction of sp³-hybridized carbons (Fsp3) is 0.211. The number of aryl methyl sites for hydroxylation is 1. The minimum absolute atomic E-state index is 0.584. The summed E-state index contributed by atoms with van der Waals surface area (Å²) in [5.41, 5.74) is 2.90. The number of anilines is 1. The molecule has 0 atom stereocenters. The van der Waals surface area contributed by atoms with Crippen molar-refractivity contribution in [3.63, 3.8) is 0 Å². The first-order chi connectivity index (χ1) is 12.7. The van der Waals surface area contributed by atoms with Crippen LogP contribution in [0.25, 0.3) is 17.0 Å². The standard InChI is InChI=1S/C19H19N5OS/c1-14-5-3-4-6-16(14)25-11-10-23(2)18-8-7-17-20-21-19(24(17)22-18)15-9-12-26-13-15/h3-9,12-13H,10-11H2,1-2H3. The van der Waals surface area contributed by atoms with Crippen LogP contribution in [0.4, 0.5) is 5.82 Å². The van der Waals surface area contributed by atoms with Crippen LogP contribution in [0.2, 0.25) is 0 Å². The van der Waals surface area contributed by atoms with Gasteiger partial charge in [0.15, 0.2) is 11.5 Å². The topological polar surface area (TPSA) is 55.5 Å². The van der Waals surface area contributed by atoms with Crippen molar-refractivity contribution in [2.24, 2.45) is 0 Å². The van der Waals surface area contributed by atoms with Crippen molar-refractivity contribution in [2.45, 2.75) is 6.92 Å². The lowest BCUT2D eigenvalue weighted by atomic mass is 10.2. The molecule has 6 nitrogen and oxygen atoms in total. The maximum Gasteiger partial charge on any atom is 0.186 e. The van der Waals surface area contributed by atoms with E-state index in [9.17, 15) is 0 Å². The smallest absolute Gasteiger partial charge is 0.186 e. The van der Waals surface area contributed by atoms with E-state index in [0.29, 0.717) is 6.61 Å². The average molecular weight is 365 g/mol. The van der Waals surface area contributed by atoms with E-state index >= 15 is 0 Å². The molecule has 0 saturated carbocycles. The first-order valence-electron chi connectivity index (χ1n) is 8.37. The number of fused-ring (bicyclic) bond motifs is 1. The molecule has 0 bridgehead atoms. The Balaban J connectivity index is 1.49. The van der Waals surface area contributed by atoms with Crippen molar-refractivity contribution < 1.29 is 4.74 Å². The lowest BCUT2D eigenvalue weighted by Gasteiger charge is -2.18. The first-order valence-corrected chi connectivity index (χ1v) is 9.31. The van der Waals surface area contributed by atoms with Gasteiger partial charge in [0.05, 0.1) is 6.54 Å². The summed E-state index contributed by atoms with van der Waals surface area (Å²) in [6, 6.07) is 13.9. The number of likely N-dealkylation sites (N-methyl/N-ethyl adjacent to an activating group) is 1. The van der Waals surface area contributed by atoms with Gasteiger partial charge in [-0.25, -0.2) is 0 Å². The van der Waals surface area contributed by atoms with Gasteiger partial charge in [-0.2, -0.15) is 15.9 Å². The Morgan fingerprint density at radius 2 is 2.00 bits per heavy atom. The van der Waals surface area contributed by atoms with Gasteiger partial charge in [-0.05, 0) is 42.1 Å². The van der Waals surface area contributed by atoms with Crippen molar-refractivity contribution in [1.82, 2.24) is 19.8 Å². The number of thiophene rings is 1. The number of para-hydroxylation sites is 1. The largest absolute Gasteiger partial charge is 0.491 e. The van der Waals surface area contributed by atoms with E-state index in [1.54, 1.807) is 15.9 Å². The molecule has 1 aromatic carbocycles. The molecule has 4 aromatic rings. The molecule has 7 heteroatoms. The second-order valence-electron chi connectivity index (χ2n) is 6.03. The van der Waals surface area contributed by atoms with Gasteiger partial charge in [0.2, 0.25) is 0 Å². The van der Waals surface area contributed by atoms with Crippen LogP contribution in [0.15, 0.2) is 53.2 Å². The zero-order chi connectivity index (χ0) is 17.9. The molecule has 0 radical (unpaired) electrons. The first kappa shape index (κ1) is 16.5. The number of nitrogens with zero attached hydrogens (tertiary/aromatic N) is 5. The van der Waals surface area contributed by atoms with E-state index in [2.05, 4.69) is 15.1 Å². The minimum atomic E-state index is 0.584. The predicted molar refractivity (Wildman–Crippen MR) is 104 cm³/mol. The monoisotopic (exact) mass is 365 g/mol. The van der Waals surface area contributed by atoms with Crippen molar-refractivity contribution in [2.75, 3.05) is 25.1 Å². The quantitative estimate of drug-likeness (QED) is 0.522. The maximum atomic E-state index is 5.88. The second kappa shape index (κ2) is 7.13. The number of benzene rings is 1. The molecule has 0 aliphatic heterocycles. The van der Waals surface area contributed by atoms with Crippen molar-refractivity contribution in [3.05, 3.63) is 58.8 Å². The zero-order valence-electron chi connectivity index (χ0n) is 14.7. The summed E-state index contributed by atoms with van der Waals surface area (Å²) in [6.07, 6.45) is 0. The summed E-state index contributed by atoms with van der Waals surface area (Å²) in [7, 11) is 2.00. The molecule has 26 heavy (non-hydrogen) atoms. The fourth-order valence-electron chi connectivity index (χ4n) is 2.68. The van der Waals surface area contributed by atoms with Gasteiger partial charge in [-0.15, -0.1) is 15.3 Å². The van der Waals surface area contributed by atoms with E-state index in [1.165, 1.54) is 0 Å². The van der Waals surface area contributed by atoms with Crippen LogP contribution in [0, 0.1) is 6.92 Å². The third-order valence-corrected chi connectivity index (χ3v) is 4.88. The van der Waals surface area contributed by atoms with Gasteiger partial charge in [-0.1, -0.05) is 18.2 Å². The predicted octanol–water partition coefficient (Wildman–Crippen LogP) is 3.68. The summed E-state index contributed by atoms with van der Waals surface area (Å²) in [5, 5.41) is 17.2. The summed E-state index contributed by atoms with van der Waals surface area (Å²) < 4.78 is 7.67. The number of hydrogen-bond acceptors (Lipinski definition) is 6. The Labute approximate surface area is 155 Å². The van der Waals surface area contributed by atoms with Crippen LogP contribution in [-0.2, 0) is 0 Å². The molecule has 132 valence electrons. The van der Waals surface area contributed by atoms with Crippen molar-refractivity contribution in [1.29, 1.82) is 0 Å². The Kier molecular flexibility index (Phi) is 4.53. The van der Waals surface area contributed by atoms with Gasteiger partial charge in [0.1, 0.15) is 18.2 Å². The molecule has 0 amide bonds. The van der Waals surface area contributed by atoms with Crippen LogP contribution < -0.4 is 9.64 Å². The van der Waals surface area contributed by atoms with E-state index < -0.39 is 0 Å². The Hall–Kier alpha value is -2.93. The second-order valence-corrected chi connectivity index (χ2v) is 6.81. The summed E-state index contributed by atoms with van der Waals surface area (Å²) >= 11 is 1.63. The van der Waals surface area contributed by atoms with Crippen molar-refractivity contribution >= 4 is 22.8 Å². The number of ether oxygens (including phenoxy) is 1. The SMILES string of the molecule is Cc1ccccc1OCCN(C)c1ccc2nnc(-c3ccsc3)n2n1. The highest BCUT2D eigenvalue weighted by atomic mass is 32.1. The van der Waals surface area contributed by atoms with Crippen LogP contribution in [0.3, 0.4) is 0 Å². The minimum Gasteiger partial charge on any atom is -0.491 e. The molecular formula is C19H19N5OS. The highest BCUT2D eigenvalue weighted by Gasteiger charge is 2.12. The fourth-order valence-corrected chi connectivity index (χ4v) is 3.31. The number of hydrogen-bond donors (Lipinski definition) is 0. The van der Waals surface area contributed by atoms with Crippen LogP contribution in [0.1, 0.15) is 5.56 Å². The third-order valence-electron chi connectivity index (χ3n) is 4.20. The lowest BCUT2D eigenvalue weighted by Crippen LogP contribution is -2.25. The van der Waals surface area contributed by atoms with Gasteiger partial charge in [0, 0.05) is 18.0 Å². The summed E-state index contributed by atoms with van der Waals surface area (Å²) in [5.74, 6) is 2.53. The zero-order valence-corrected chi connectivity index (χ0v) is 15.5. The molecule has 3 heterocycles. The lowest BCUT2D eigenvalue weighted by molar-refractivity contribution is 0.323. The van der Waals surface area contributed by atoms with Gasteiger partial charge in [-0.3, -0.25) is 0 Å². The molecular weight excluding hydrogens is 346 g/mol. The molecule has 0 spiro atoms. The molecule has 0 aliphatic carbocycles.